The van der Waals surface area contributed by atoms with E-state index in [2.05, 4.69) is 6.07 Å². The summed E-state index contributed by atoms with van der Waals surface area (Å²) in [6.45, 7) is 1.90. The van der Waals surface area contributed by atoms with E-state index in [1.54, 1.807) is 13.1 Å². The number of methoxy groups -OCH3 is 1. The zero-order chi connectivity index (χ0) is 21.0. The Balaban J connectivity index is 2.08. The van der Waals surface area contributed by atoms with Gasteiger partial charge in [0.25, 0.3) is 5.56 Å². The Hall–Kier alpha value is -3.59. The van der Waals surface area contributed by atoms with E-state index in [4.69, 9.17) is 9.26 Å². The van der Waals surface area contributed by atoms with Crippen LogP contribution < -0.4 is 5.56 Å². The molecule has 0 aliphatic heterocycles. The average Bonchev–Trinajstić information content (AvgIpc) is 3.02. The van der Waals surface area contributed by atoms with E-state index in [9.17, 15) is 14.9 Å². The second-order valence-electron chi connectivity index (χ2n) is 6.84. The molecule has 1 aromatic heterocycles. The normalized spacial score (nSPS) is 11.4. The number of nitriles is 1. The van der Waals surface area contributed by atoms with E-state index in [0.717, 1.165) is 22.3 Å². The van der Waals surface area contributed by atoms with E-state index >= 15 is 0 Å². The molecule has 1 heterocycles. The van der Waals surface area contributed by atoms with Crippen molar-refractivity contribution in [2.45, 2.75) is 26.2 Å². The van der Waals surface area contributed by atoms with Crippen LogP contribution in [-0.4, -0.2) is 17.8 Å². The molecule has 0 saturated carbocycles. The highest BCUT2D eigenvalue weighted by Crippen LogP contribution is 2.29. The summed E-state index contributed by atoms with van der Waals surface area (Å²) in [7, 11) is 2.96. The van der Waals surface area contributed by atoms with E-state index in [0.29, 0.717) is 35.8 Å². The molecular formula is C23H22N2O4. The molecule has 0 amide bonds. The predicted octanol–water partition coefficient (Wildman–Crippen LogP) is 4.09. The van der Waals surface area contributed by atoms with Gasteiger partial charge in [0, 0.05) is 13.5 Å². The molecule has 0 aliphatic carbocycles. The van der Waals surface area contributed by atoms with Crippen LogP contribution >= 0.6 is 0 Å². The van der Waals surface area contributed by atoms with Crippen LogP contribution in [0.3, 0.4) is 0 Å². The molecule has 148 valence electrons. The zero-order valence-electron chi connectivity index (χ0n) is 16.7. The number of unbranched alkanes of at least 4 members (excludes halogenated alkanes) is 1. The molecule has 0 radical (unpaired) electrons. The third-order valence-electron chi connectivity index (χ3n) is 4.79. The monoisotopic (exact) mass is 390 g/mol. The number of nitrogens with zero attached hydrogens (tertiary/aromatic N) is 2. The van der Waals surface area contributed by atoms with Crippen molar-refractivity contribution in [1.82, 2.24) is 4.74 Å². The number of hydrogen-bond acceptors (Lipinski definition) is 5. The summed E-state index contributed by atoms with van der Waals surface area (Å²) in [6, 6.07) is 13.3. The number of allylic oxidation sites excluding steroid dienone is 1. The highest BCUT2D eigenvalue weighted by Gasteiger charge is 2.14. The first kappa shape index (κ1) is 20.2. The van der Waals surface area contributed by atoms with Gasteiger partial charge in [-0.25, -0.2) is 0 Å². The van der Waals surface area contributed by atoms with Gasteiger partial charge in [-0.15, -0.1) is 0 Å². The fourth-order valence-corrected chi connectivity index (χ4v) is 3.31. The first-order valence-electron chi connectivity index (χ1n) is 9.33. The number of benzene rings is 2. The lowest BCUT2D eigenvalue weighted by Crippen LogP contribution is -2.09. The summed E-state index contributed by atoms with van der Waals surface area (Å²) in [6.07, 6.45) is 3.66. The summed E-state index contributed by atoms with van der Waals surface area (Å²) in [5.41, 5.74) is 4.42. The molecule has 2 aromatic carbocycles. The molecule has 3 aromatic rings. The molecule has 6 nitrogen and oxygen atoms in total. The van der Waals surface area contributed by atoms with Gasteiger partial charge in [0.1, 0.15) is 0 Å². The number of carbonyl (C=O) groups is 1. The van der Waals surface area contributed by atoms with Crippen molar-refractivity contribution in [3.05, 3.63) is 75.1 Å². The van der Waals surface area contributed by atoms with Gasteiger partial charge >= 0.3 is 5.97 Å². The Kier molecular flexibility index (Phi) is 5.99. The quantitative estimate of drug-likeness (QED) is 0.467. The second kappa shape index (κ2) is 8.61. The Morgan fingerprint density at radius 2 is 2.07 bits per heavy atom. The Morgan fingerprint density at radius 1 is 1.28 bits per heavy atom. The lowest BCUT2D eigenvalue weighted by Gasteiger charge is -2.11. The van der Waals surface area contributed by atoms with Crippen LogP contribution in [0.1, 0.15) is 41.5 Å². The molecule has 0 N–H and O–H groups in total. The van der Waals surface area contributed by atoms with Crippen LogP contribution in [0.4, 0.5) is 0 Å². The summed E-state index contributed by atoms with van der Waals surface area (Å²) in [4.78, 5) is 23.8. The summed E-state index contributed by atoms with van der Waals surface area (Å²) in [5.74, 6) is -0.245. The van der Waals surface area contributed by atoms with Crippen molar-refractivity contribution in [1.29, 1.82) is 5.26 Å². The van der Waals surface area contributed by atoms with Gasteiger partial charge in [-0.2, -0.15) is 10.0 Å². The highest BCUT2D eigenvalue weighted by atomic mass is 16.5. The number of carbonyl (C=O) groups excluding carboxylic acids is 1. The summed E-state index contributed by atoms with van der Waals surface area (Å²) < 4.78 is 11.4. The second-order valence-corrected chi connectivity index (χ2v) is 6.84. The van der Waals surface area contributed by atoms with Crippen LogP contribution in [0, 0.1) is 18.3 Å². The predicted molar refractivity (Wildman–Crippen MR) is 110 cm³/mol. The maximum atomic E-state index is 12.4. The minimum absolute atomic E-state index is 0.194. The minimum Gasteiger partial charge on any atom is -0.469 e. The first-order chi connectivity index (χ1) is 13.9. The largest absolute Gasteiger partial charge is 0.469 e. The number of aromatic nitrogens is 1. The van der Waals surface area contributed by atoms with Crippen molar-refractivity contribution in [2.24, 2.45) is 7.05 Å². The molecule has 6 heteroatoms. The molecule has 0 spiro atoms. The van der Waals surface area contributed by atoms with Gasteiger partial charge in [-0.3, -0.25) is 9.59 Å². The maximum Gasteiger partial charge on any atom is 0.305 e. The molecular weight excluding hydrogens is 368 g/mol. The maximum absolute atomic E-state index is 12.4. The number of fused-ring (bicyclic) bond motifs is 1. The molecule has 29 heavy (non-hydrogen) atoms. The molecule has 0 bridgehead atoms. The fraction of sp³-hybridized carbons (Fsp3) is 0.261. The van der Waals surface area contributed by atoms with Crippen LogP contribution in [0.2, 0.25) is 0 Å². The van der Waals surface area contributed by atoms with E-state index in [-0.39, 0.29) is 11.5 Å². The average molecular weight is 390 g/mol. The van der Waals surface area contributed by atoms with E-state index in [1.165, 1.54) is 11.8 Å². The number of aryl methyl sites for hydroxylation is 2. The first-order valence-corrected chi connectivity index (χ1v) is 9.33. The molecule has 0 unspecified atom stereocenters. The van der Waals surface area contributed by atoms with Crippen molar-refractivity contribution < 1.29 is 14.1 Å². The number of ether oxygens (including phenoxy) is 1. The molecule has 0 aliphatic rings. The van der Waals surface area contributed by atoms with Gasteiger partial charge in [-0.1, -0.05) is 18.2 Å². The van der Waals surface area contributed by atoms with Crippen molar-refractivity contribution in [3.8, 4) is 6.07 Å². The Labute approximate surface area is 168 Å². The number of hydrogen-bond donors (Lipinski definition) is 0. The van der Waals surface area contributed by atoms with Gasteiger partial charge in [0.05, 0.1) is 24.1 Å². The lowest BCUT2D eigenvalue weighted by molar-refractivity contribution is -0.140. The van der Waals surface area contributed by atoms with Gasteiger partial charge in [0.15, 0.2) is 5.58 Å². The van der Waals surface area contributed by atoms with Gasteiger partial charge < -0.3 is 9.26 Å². The highest BCUT2D eigenvalue weighted by molar-refractivity contribution is 5.88. The Morgan fingerprint density at radius 3 is 2.79 bits per heavy atom. The smallest absolute Gasteiger partial charge is 0.305 e. The third-order valence-corrected chi connectivity index (χ3v) is 4.79. The minimum atomic E-state index is -0.245. The SMILES string of the molecule is COC(=O)CCC/C=C(\c1cccc(C#N)c1)c1cc(C)c2on(C)c(=O)c2c1. The Bertz CT molecular complexity index is 1190. The number of esters is 1. The third kappa shape index (κ3) is 4.30. The number of rotatable bonds is 6. The van der Waals surface area contributed by atoms with E-state index < -0.39 is 0 Å². The standard InChI is InChI=1S/C23H22N2O4/c1-15-11-18(13-20-22(15)29-25(2)23(20)27)19(9-4-5-10-21(26)28-3)17-8-6-7-16(12-17)14-24/h6-9,11-13H,4-5,10H2,1-3H3/b19-9+. The fourth-order valence-electron chi connectivity index (χ4n) is 3.31. The topological polar surface area (TPSA) is 85.2 Å². The summed E-state index contributed by atoms with van der Waals surface area (Å²) >= 11 is 0. The molecule has 3 rings (SSSR count). The van der Waals surface area contributed by atoms with Crippen LogP contribution in [-0.2, 0) is 16.6 Å². The van der Waals surface area contributed by atoms with Gasteiger partial charge in [-0.05, 0) is 66.3 Å². The van der Waals surface area contributed by atoms with Crippen LogP contribution in [0.5, 0.6) is 0 Å². The van der Waals surface area contributed by atoms with E-state index in [1.807, 2.05) is 43.3 Å². The van der Waals surface area contributed by atoms with Crippen molar-refractivity contribution in [2.75, 3.05) is 7.11 Å². The molecule has 0 fully saturated rings. The lowest BCUT2D eigenvalue weighted by atomic mass is 9.93. The molecule has 0 saturated heterocycles. The summed E-state index contributed by atoms with van der Waals surface area (Å²) in [5, 5.41) is 9.78. The zero-order valence-corrected chi connectivity index (χ0v) is 16.7. The van der Waals surface area contributed by atoms with Crippen molar-refractivity contribution in [3.63, 3.8) is 0 Å². The molecule has 0 atom stereocenters. The van der Waals surface area contributed by atoms with Crippen molar-refractivity contribution >= 4 is 22.5 Å². The van der Waals surface area contributed by atoms with Gasteiger partial charge in [0.2, 0.25) is 0 Å². The van der Waals surface area contributed by atoms with Crippen LogP contribution in [0.25, 0.3) is 16.5 Å². The van der Waals surface area contributed by atoms with Crippen LogP contribution in [0.15, 0.2) is 51.8 Å².